The molecular weight excluding hydrogens is 516 g/mol. The van der Waals surface area contributed by atoms with Crippen LogP contribution in [0.25, 0.3) is 0 Å². The van der Waals surface area contributed by atoms with Gasteiger partial charge in [0.15, 0.2) is 0 Å². The maximum Gasteiger partial charge on any atom is 0.243 e. The van der Waals surface area contributed by atoms with Gasteiger partial charge in [0.05, 0.1) is 0 Å². The maximum absolute atomic E-state index is 12.7. The second-order valence-corrected chi connectivity index (χ2v) is 12.7. The predicted molar refractivity (Wildman–Crippen MR) is 185 cm³/mol. The van der Waals surface area contributed by atoms with Gasteiger partial charge >= 0.3 is 0 Å². The van der Waals surface area contributed by atoms with E-state index < -0.39 is 5.54 Å². The van der Waals surface area contributed by atoms with Crippen LogP contribution in [0.3, 0.4) is 0 Å². The Bertz CT molecular complexity index is 672. The SMILES string of the molecule is CCCCCCCCC=CCCCCCCCC(=O)NC(CC)(CCCCCCC=CCCCCCCCC)C(N)=O. The molecule has 0 fully saturated rings. The summed E-state index contributed by atoms with van der Waals surface area (Å²) in [7, 11) is 0. The molecule has 1 atom stereocenters. The van der Waals surface area contributed by atoms with E-state index in [2.05, 4.69) is 43.5 Å². The number of carbonyl (C=O) groups excluding carboxylic acids is 2. The van der Waals surface area contributed by atoms with Crippen molar-refractivity contribution in [2.24, 2.45) is 5.73 Å². The third-order valence-corrected chi connectivity index (χ3v) is 8.73. The molecular formula is C38H72N2O2. The molecule has 0 aromatic heterocycles. The van der Waals surface area contributed by atoms with Crippen molar-refractivity contribution in [3.63, 3.8) is 0 Å². The number of allylic oxidation sites excluding steroid dienone is 4. The van der Waals surface area contributed by atoms with E-state index in [-0.39, 0.29) is 11.8 Å². The molecule has 1 unspecified atom stereocenters. The highest BCUT2D eigenvalue weighted by Crippen LogP contribution is 2.21. The van der Waals surface area contributed by atoms with E-state index in [4.69, 9.17) is 5.73 Å². The Morgan fingerprint density at radius 2 is 0.881 bits per heavy atom. The van der Waals surface area contributed by atoms with Crippen molar-refractivity contribution in [1.29, 1.82) is 0 Å². The molecule has 2 amide bonds. The molecule has 0 bridgehead atoms. The van der Waals surface area contributed by atoms with Gasteiger partial charge in [-0.15, -0.1) is 0 Å². The molecule has 0 aromatic carbocycles. The van der Waals surface area contributed by atoms with Gasteiger partial charge in [0, 0.05) is 6.42 Å². The van der Waals surface area contributed by atoms with E-state index >= 15 is 0 Å². The van der Waals surface area contributed by atoms with Gasteiger partial charge in [0.2, 0.25) is 11.8 Å². The highest BCUT2D eigenvalue weighted by molar-refractivity contribution is 5.90. The number of amides is 2. The summed E-state index contributed by atoms with van der Waals surface area (Å²) in [6, 6.07) is 0. The van der Waals surface area contributed by atoms with Gasteiger partial charge < -0.3 is 11.1 Å². The Hall–Kier alpha value is -1.58. The third-order valence-electron chi connectivity index (χ3n) is 8.73. The first-order chi connectivity index (χ1) is 20.5. The van der Waals surface area contributed by atoms with Crippen molar-refractivity contribution < 1.29 is 9.59 Å². The molecule has 3 N–H and O–H groups in total. The summed E-state index contributed by atoms with van der Waals surface area (Å²) in [5, 5.41) is 3.04. The number of unbranched alkanes of at least 4 members (excludes halogenated alkanes) is 21. The Balaban J connectivity index is 3.90. The zero-order valence-electron chi connectivity index (χ0n) is 28.5. The quantitative estimate of drug-likeness (QED) is 0.0606. The van der Waals surface area contributed by atoms with Crippen molar-refractivity contribution in [2.45, 2.75) is 206 Å². The van der Waals surface area contributed by atoms with Crippen LogP contribution in [0.2, 0.25) is 0 Å². The number of rotatable bonds is 32. The molecule has 0 aliphatic heterocycles. The normalized spacial score (nSPS) is 13.2. The zero-order chi connectivity index (χ0) is 31.0. The van der Waals surface area contributed by atoms with Crippen LogP contribution < -0.4 is 11.1 Å². The molecule has 0 saturated heterocycles. The van der Waals surface area contributed by atoms with Crippen LogP contribution in [0.4, 0.5) is 0 Å². The van der Waals surface area contributed by atoms with Crippen LogP contribution in [0.5, 0.6) is 0 Å². The van der Waals surface area contributed by atoms with Crippen molar-refractivity contribution in [3.05, 3.63) is 24.3 Å². The Labute approximate surface area is 262 Å². The molecule has 0 aliphatic carbocycles. The number of primary amides is 1. The summed E-state index contributed by atoms with van der Waals surface area (Å²) in [4.78, 5) is 25.0. The van der Waals surface area contributed by atoms with E-state index in [0.29, 0.717) is 19.3 Å². The van der Waals surface area contributed by atoms with Crippen molar-refractivity contribution >= 4 is 11.8 Å². The summed E-state index contributed by atoms with van der Waals surface area (Å²) in [6.45, 7) is 6.49. The van der Waals surface area contributed by atoms with Gasteiger partial charge in [-0.3, -0.25) is 9.59 Å². The van der Waals surface area contributed by atoms with E-state index in [1.54, 1.807) is 0 Å². The molecule has 0 saturated carbocycles. The average Bonchev–Trinajstić information content (AvgIpc) is 2.98. The van der Waals surface area contributed by atoms with Crippen LogP contribution in [-0.2, 0) is 9.59 Å². The molecule has 0 rings (SSSR count). The van der Waals surface area contributed by atoms with E-state index in [1.807, 2.05) is 6.92 Å². The summed E-state index contributed by atoms with van der Waals surface area (Å²) < 4.78 is 0. The van der Waals surface area contributed by atoms with Gasteiger partial charge in [-0.2, -0.15) is 0 Å². The minimum Gasteiger partial charge on any atom is -0.368 e. The number of nitrogens with two attached hydrogens (primary N) is 1. The van der Waals surface area contributed by atoms with Crippen LogP contribution in [0.1, 0.15) is 201 Å². The lowest BCUT2D eigenvalue weighted by Crippen LogP contribution is -2.57. The standard InChI is InChI=1S/C38H72N2O2/c1-4-7-9-11-13-15-17-19-21-22-24-26-28-30-32-34-36(41)40-38(6-3,37(39)42)35-33-31-29-27-25-23-20-18-16-14-12-10-8-5-2/h19-21,23H,4-18,22,24-35H2,1-3H3,(H2,39,42)(H,40,41). The highest BCUT2D eigenvalue weighted by Gasteiger charge is 2.35. The van der Waals surface area contributed by atoms with Crippen LogP contribution >= 0.6 is 0 Å². The number of hydrogen-bond acceptors (Lipinski definition) is 2. The fraction of sp³-hybridized carbons (Fsp3) is 0.842. The molecule has 42 heavy (non-hydrogen) atoms. The largest absolute Gasteiger partial charge is 0.368 e. The first-order valence-electron chi connectivity index (χ1n) is 18.4. The smallest absolute Gasteiger partial charge is 0.243 e. The molecule has 0 spiro atoms. The second-order valence-electron chi connectivity index (χ2n) is 12.7. The molecule has 246 valence electrons. The number of hydrogen-bond donors (Lipinski definition) is 2. The van der Waals surface area contributed by atoms with Gasteiger partial charge in [-0.25, -0.2) is 0 Å². The highest BCUT2D eigenvalue weighted by atomic mass is 16.2. The average molecular weight is 589 g/mol. The van der Waals surface area contributed by atoms with Crippen molar-refractivity contribution in [3.8, 4) is 0 Å². The first kappa shape index (κ1) is 40.4. The molecule has 0 radical (unpaired) electrons. The Morgan fingerprint density at radius 3 is 1.26 bits per heavy atom. The predicted octanol–water partition coefficient (Wildman–Crippen LogP) is 11.4. The lowest BCUT2D eigenvalue weighted by atomic mass is 9.88. The lowest BCUT2D eigenvalue weighted by Gasteiger charge is -2.31. The molecule has 4 heteroatoms. The molecule has 0 aliphatic rings. The Morgan fingerprint density at radius 1 is 0.524 bits per heavy atom. The fourth-order valence-electron chi connectivity index (χ4n) is 5.69. The van der Waals surface area contributed by atoms with Crippen LogP contribution in [0, 0.1) is 0 Å². The van der Waals surface area contributed by atoms with Gasteiger partial charge in [0.1, 0.15) is 5.54 Å². The summed E-state index contributed by atoms with van der Waals surface area (Å²) >= 11 is 0. The van der Waals surface area contributed by atoms with Gasteiger partial charge in [-0.05, 0) is 70.6 Å². The molecule has 0 aromatic rings. The summed E-state index contributed by atoms with van der Waals surface area (Å²) in [5.74, 6) is -0.413. The summed E-state index contributed by atoms with van der Waals surface area (Å²) in [6.07, 6.45) is 42.0. The second kappa shape index (κ2) is 30.9. The van der Waals surface area contributed by atoms with Crippen LogP contribution in [-0.4, -0.2) is 17.4 Å². The minimum atomic E-state index is -0.893. The topological polar surface area (TPSA) is 72.2 Å². The minimum absolute atomic E-state index is 0.0243. The van der Waals surface area contributed by atoms with Gasteiger partial charge in [-0.1, -0.05) is 148 Å². The third kappa shape index (κ3) is 25.0. The molecule has 0 heterocycles. The molecule has 4 nitrogen and oxygen atoms in total. The lowest BCUT2D eigenvalue weighted by molar-refractivity contribution is -0.132. The van der Waals surface area contributed by atoms with E-state index in [9.17, 15) is 9.59 Å². The van der Waals surface area contributed by atoms with E-state index in [0.717, 1.165) is 38.5 Å². The van der Waals surface area contributed by atoms with E-state index in [1.165, 1.54) is 122 Å². The number of nitrogens with one attached hydrogen (secondary N) is 1. The fourth-order valence-corrected chi connectivity index (χ4v) is 5.69. The monoisotopic (exact) mass is 589 g/mol. The first-order valence-corrected chi connectivity index (χ1v) is 18.4. The van der Waals surface area contributed by atoms with Crippen LogP contribution in [0.15, 0.2) is 24.3 Å². The zero-order valence-corrected chi connectivity index (χ0v) is 28.5. The maximum atomic E-state index is 12.7. The Kier molecular flexibility index (Phi) is 29.7. The van der Waals surface area contributed by atoms with Crippen molar-refractivity contribution in [1.82, 2.24) is 5.32 Å². The van der Waals surface area contributed by atoms with Crippen molar-refractivity contribution in [2.75, 3.05) is 0 Å². The summed E-state index contributed by atoms with van der Waals surface area (Å²) in [5.41, 5.74) is 4.91. The van der Waals surface area contributed by atoms with Gasteiger partial charge in [0.25, 0.3) is 0 Å². The number of carbonyl (C=O) groups is 2.